The molecule has 3 aromatic heterocycles. The van der Waals surface area contributed by atoms with Crippen LogP contribution in [0.2, 0.25) is 15.3 Å². The van der Waals surface area contributed by atoms with Crippen molar-refractivity contribution in [2.45, 2.75) is 0 Å². The van der Waals surface area contributed by atoms with E-state index in [1.807, 2.05) is 0 Å². The number of hydrogen-bond donors (Lipinski definition) is 0. The van der Waals surface area contributed by atoms with Crippen molar-refractivity contribution in [3.63, 3.8) is 0 Å². The maximum absolute atomic E-state index is 13.8. The van der Waals surface area contributed by atoms with Gasteiger partial charge in [0.25, 0.3) is 6.08 Å². The Kier molecular flexibility index (Phi) is 2.96. The summed E-state index contributed by atoms with van der Waals surface area (Å²) < 4.78 is 14.8. The van der Waals surface area contributed by atoms with Crippen LogP contribution in [-0.2, 0) is 0 Å². The Labute approximate surface area is 120 Å². The van der Waals surface area contributed by atoms with E-state index in [9.17, 15) is 4.39 Å². The quantitative estimate of drug-likeness (QED) is 0.509. The van der Waals surface area contributed by atoms with Gasteiger partial charge in [0.1, 0.15) is 16.9 Å². The molecule has 0 aliphatic heterocycles. The molecule has 0 aliphatic carbocycles. The minimum atomic E-state index is -0.857. The molecule has 96 valence electrons. The normalized spacial score (nSPS) is 11.2. The van der Waals surface area contributed by atoms with Gasteiger partial charge in [0.2, 0.25) is 5.95 Å². The fourth-order valence-electron chi connectivity index (χ4n) is 1.47. The van der Waals surface area contributed by atoms with Crippen LogP contribution in [-0.4, -0.2) is 29.5 Å². The van der Waals surface area contributed by atoms with E-state index in [2.05, 4.69) is 24.9 Å². The number of imidazole rings is 1. The molecule has 0 aromatic carbocycles. The van der Waals surface area contributed by atoms with Crippen molar-refractivity contribution >= 4 is 46.0 Å². The Morgan fingerprint density at radius 1 is 1.05 bits per heavy atom. The van der Waals surface area contributed by atoms with Crippen molar-refractivity contribution in [3.05, 3.63) is 33.9 Å². The number of aromatic nitrogens is 6. The molecule has 6 nitrogen and oxygen atoms in total. The summed E-state index contributed by atoms with van der Waals surface area (Å²) in [6.07, 6.45) is 1.77. The number of nitrogens with zero attached hydrogens (tertiary/aromatic N) is 6. The van der Waals surface area contributed by atoms with Gasteiger partial charge in [0.15, 0.2) is 16.0 Å². The lowest BCUT2D eigenvalue weighted by Crippen LogP contribution is -2.05. The summed E-state index contributed by atoms with van der Waals surface area (Å²) in [5.74, 6) is -0.103. The van der Waals surface area contributed by atoms with Crippen LogP contribution in [0.4, 0.5) is 4.39 Å². The predicted molar refractivity (Wildman–Crippen MR) is 67.2 cm³/mol. The van der Waals surface area contributed by atoms with Crippen LogP contribution in [0.25, 0.3) is 17.1 Å². The van der Waals surface area contributed by atoms with Crippen LogP contribution in [0.1, 0.15) is 0 Å². The molecule has 0 fully saturated rings. The van der Waals surface area contributed by atoms with E-state index in [0.717, 1.165) is 4.57 Å². The molecule has 0 saturated heterocycles. The summed E-state index contributed by atoms with van der Waals surface area (Å²) >= 11 is 17.3. The van der Waals surface area contributed by atoms with Crippen molar-refractivity contribution in [1.82, 2.24) is 29.5 Å². The van der Waals surface area contributed by atoms with Crippen molar-refractivity contribution in [3.8, 4) is 5.95 Å². The van der Waals surface area contributed by atoms with Crippen LogP contribution in [0.5, 0.6) is 0 Å². The second kappa shape index (κ2) is 4.52. The van der Waals surface area contributed by atoms with E-state index in [1.165, 1.54) is 12.5 Å². The fraction of sp³-hybridized carbons (Fsp3) is 0. The lowest BCUT2D eigenvalue weighted by atomic mass is 10.5. The summed E-state index contributed by atoms with van der Waals surface area (Å²) in [5.41, 5.74) is 0.452. The average Bonchev–Trinajstić information content (AvgIpc) is 2.71. The van der Waals surface area contributed by atoms with Gasteiger partial charge in [-0.1, -0.05) is 34.8 Å². The smallest absolute Gasteiger partial charge is 0.242 e. The van der Waals surface area contributed by atoms with Gasteiger partial charge in [-0.05, 0) is 0 Å². The minimum absolute atomic E-state index is 0.00633. The van der Waals surface area contributed by atoms with Gasteiger partial charge in [0.05, 0.1) is 6.20 Å². The summed E-state index contributed by atoms with van der Waals surface area (Å²) in [6.45, 7) is 0. The van der Waals surface area contributed by atoms with E-state index in [-0.39, 0.29) is 32.4 Å². The van der Waals surface area contributed by atoms with Crippen LogP contribution < -0.4 is 0 Å². The molecule has 3 rings (SSSR count). The standard InChI is InChI=1S/C9H2Cl3FN6/c10-4-5(11)16-9(17-6(4)12)19-3-1-14-2-15-7(3)18-8(19)13/h1-2H. The third kappa shape index (κ3) is 1.99. The highest BCUT2D eigenvalue weighted by Gasteiger charge is 2.18. The largest absolute Gasteiger partial charge is 0.298 e. The van der Waals surface area contributed by atoms with Gasteiger partial charge in [-0.2, -0.15) is 19.3 Å². The maximum Gasteiger partial charge on any atom is 0.298 e. The van der Waals surface area contributed by atoms with E-state index < -0.39 is 6.08 Å². The predicted octanol–water partition coefficient (Wildman–Crippen LogP) is 2.70. The Morgan fingerprint density at radius 2 is 1.74 bits per heavy atom. The number of hydrogen-bond acceptors (Lipinski definition) is 5. The molecular weight excluding hydrogens is 317 g/mol. The van der Waals surface area contributed by atoms with Crippen molar-refractivity contribution in [2.24, 2.45) is 0 Å². The summed E-state index contributed by atoms with van der Waals surface area (Å²) in [5, 5.41) is -0.183. The zero-order valence-electron chi connectivity index (χ0n) is 8.85. The molecular formula is C9H2Cl3FN6. The Hall–Kier alpha value is -1.57. The lowest BCUT2D eigenvalue weighted by Gasteiger charge is -2.04. The highest BCUT2D eigenvalue weighted by atomic mass is 35.5. The third-order valence-electron chi connectivity index (χ3n) is 2.25. The second-order valence-corrected chi connectivity index (χ2v) is 4.46. The molecule has 0 radical (unpaired) electrons. The topological polar surface area (TPSA) is 69.4 Å². The molecule has 0 saturated carbocycles. The zero-order valence-corrected chi connectivity index (χ0v) is 11.1. The highest BCUT2D eigenvalue weighted by molar-refractivity contribution is 6.46. The molecule has 0 aliphatic rings. The monoisotopic (exact) mass is 318 g/mol. The molecule has 0 N–H and O–H groups in total. The van der Waals surface area contributed by atoms with E-state index in [0.29, 0.717) is 0 Å². The molecule has 0 amide bonds. The Morgan fingerprint density at radius 3 is 2.42 bits per heavy atom. The molecule has 3 heterocycles. The van der Waals surface area contributed by atoms with Gasteiger partial charge >= 0.3 is 0 Å². The van der Waals surface area contributed by atoms with Crippen LogP contribution >= 0.6 is 34.8 Å². The summed E-state index contributed by atoms with van der Waals surface area (Å²) in [7, 11) is 0. The van der Waals surface area contributed by atoms with E-state index >= 15 is 0 Å². The summed E-state index contributed by atoms with van der Waals surface area (Å²) in [6, 6.07) is 0. The van der Waals surface area contributed by atoms with Crippen molar-refractivity contribution < 1.29 is 4.39 Å². The van der Waals surface area contributed by atoms with Gasteiger partial charge < -0.3 is 0 Å². The van der Waals surface area contributed by atoms with Gasteiger partial charge in [0, 0.05) is 0 Å². The first-order chi connectivity index (χ1) is 9.08. The van der Waals surface area contributed by atoms with Gasteiger partial charge in [-0.15, -0.1) is 0 Å². The molecule has 0 bridgehead atoms. The Bertz CT molecular complexity index is 766. The number of fused-ring (bicyclic) bond motifs is 1. The first-order valence-electron chi connectivity index (χ1n) is 4.81. The summed E-state index contributed by atoms with van der Waals surface area (Å²) in [4.78, 5) is 18.9. The fourth-order valence-corrected chi connectivity index (χ4v) is 1.93. The number of rotatable bonds is 1. The molecule has 10 heteroatoms. The number of halogens is 4. The first kappa shape index (κ1) is 12.5. The molecule has 3 aromatic rings. The van der Waals surface area contributed by atoms with Gasteiger partial charge in [-0.25, -0.2) is 14.5 Å². The highest BCUT2D eigenvalue weighted by Crippen LogP contribution is 2.28. The first-order valence-corrected chi connectivity index (χ1v) is 5.94. The second-order valence-electron chi connectivity index (χ2n) is 3.37. The minimum Gasteiger partial charge on any atom is -0.242 e. The SMILES string of the molecule is Fc1nc2ncncc2n1-c1nc(Cl)c(Cl)c(Cl)n1. The van der Waals surface area contributed by atoms with E-state index in [1.54, 1.807) is 0 Å². The van der Waals surface area contributed by atoms with E-state index in [4.69, 9.17) is 34.8 Å². The third-order valence-corrected chi connectivity index (χ3v) is 3.35. The maximum atomic E-state index is 13.8. The molecule has 0 unspecified atom stereocenters. The average molecular weight is 320 g/mol. The zero-order chi connectivity index (χ0) is 13.6. The van der Waals surface area contributed by atoms with Crippen LogP contribution in [0, 0.1) is 6.08 Å². The van der Waals surface area contributed by atoms with Crippen LogP contribution in [0.3, 0.4) is 0 Å². The Balaban J connectivity index is 2.33. The molecule has 0 spiro atoms. The molecule has 0 atom stereocenters. The molecule has 19 heavy (non-hydrogen) atoms. The van der Waals surface area contributed by atoms with Crippen molar-refractivity contribution in [2.75, 3.05) is 0 Å². The van der Waals surface area contributed by atoms with Crippen molar-refractivity contribution in [1.29, 1.82) is 0 Å². The van der Waals surface area contributed by atoms with Crippen LogP contribution in [0.15, 0.2) is 12.5 Å². The lowest BCUT2D eigenvalue weighted by molar-refractivity contribution is 0.521. The van der Waals surface area contributed by atoms with Gasteiger partial charge in [-0.3, -0.25) is 0 Å².